The van der Waals surface area contributed by atoms with E-state index in [0.717, 1.165) is 18.4 Å². The van der Waals surface area contributed by atoms with E-state index in [0.29, 0.717) is 18.0 Å². The minimum atomic E-state index is -0.152. The van der Waals surface area contributed by atoms with Crippen LogP contribution in [0.15, 0.2) is 43.1 Å². The van der Waals surface area contributed by atoms with Crippen molar-refractivity contribution in [1.29, 1.82) is 0 Å². The highest BCUT2D eigenvalue weighted by Gasteiger charge is 2.05. The lowest BCUT2D eigenvalue weighted by Crippen LogP contribution is -2.25. The molecule has 1 amide bonds. The van der Waals surface area contributed by atoms with Crippen LogP contribution in [0.2, 0.25) is 0 Å². The maximum Gasteiger partial charge on any atom is 0.269 e. The highest BCUT2D eigenvalue weighted by atomic mass is 16.1. The topological polar surface area (TPSA) is 85.1 Å². The summed E-state index contributed by atoms with van der Waals surface area (Å²) in [5.41, 5.74) is 1.49. The number of nitrogens with one attached hydrogen (secondary N) is 1. The standard InChI is InChI=1S/C14H14N6O/c21-13(12-5-1-2-6-15-12)16-7-3-4-11-8-17-14-18-10-19-20(14)9-11/h1-2,5-6,8-10H,3-4,7H2,(H,16,21). The van der Waals surface area contributed by atoms with E-state index < -0.39 is 0 Å². The van der Waals surface area contributed by atoms with Gasteiger partial charge >= 0.3 is 0 Å². The van der Waals surface area contributed by atoms with Gasteiger partial charge in [0, 0.05) is 25.1 Å². The zero-order chi connectivity index (χ0) is 14.5. The monoisotopic (exact) mass is 282 g/mol. The summed E-state index contributed by atoms with van der Waals surface area (Å²) in [7, 11) is 0. The number of carbonyl (C=O) groups excluding carboxylic acids is 1. The van der Waals surface area contributed by atoms with Gasteiger partial charge in [0.15, 0.2) is 0 Å². The third kappa shape index (κ3) is 3.19. The van der Waals surface area contributed by atoms with Crippen molar-refractivity contribution in [1.82, 2.24) is 29.9 Å². The molecule has 0 fully saturated rings. The van der Waals surface area contributed by atoms with Crippen LogP contribution < -0.4 is 5.32 Å². The SMILES string of the molecule is O=C(NCCCc1cnc2ncnn2c1)c1ccccn1. The second kappa shape index (κ2) is 6.08. The quantitative estimate of drug-likeness (QED) is 0.702. The van der Waals surface area contributed by atoms with E-state index in [1.807, 2.05) is 6.20 Å². The first-order valence-corrected chi connectivity index (χ1v) is 6.66. The van der Waals surface area contributed by atoms with Crippen LogP contribution in [0.4, 0.5) is 0 Å². The Kier molecular flexibility index (Phi) is 3.81. The molecule has 0 aliphatic rings. The average Bonchev–Trinajstić information content (AvgIpc) is 3.00. The van der Waals surface area contributed by atoms with Gasteiger partial charge in [-0.25, -0.2) is 9.50 Å². The van der Waals surface area contributed by atoms with Crippen molar-refractivity contribution < 1.29 is 4.79 Å². The molecule has 0 saturated heterocycles. The summed E-state index contributed by atoms with van der Waals surface area (Å²) in [6.45, 7) is 0.588. The minimum absolute atomic E-state index is 0.152. The lowest BCUT2D eigenvalue weighted by atomic mass is 10.2. The van der Waals surface area contributed by atoms with Crippen molar-refractivity contribution in [3.8, 4) is 0 Å². The van der Waals surface area contributed by atoms with E-state index in [2.05, 4.69) is 25.4 Å². The third-order valence-corrected chi connectivity index (χ3v) is 3.01. The van der Waals surface area contributed by atoms with E-state index >= 15 is 0 Å². The molecular formula is C14H14N6O. The van der Waals surface area contributed by atoms with E-state index in [9.17, 15) is 4.79 Å². The molecule has 0 atom stereocenters. The van der Waals surface area contributed by atoms with Crippen LogP contribution in [0, 0.1) is 0 Å². The number of aryl methyl sites for hydroxylation is 1. The number of carbonyl (C=O) groups is 1. The van der Waals surface area contributed by atoms with E-state index in [1.165, 1.54) is 6.33 Å². The molecule has 0 radical (unpaired) electrons. The molecule has 0 unspecified atom stereocenters. The molecular weight excluding hydrogens is 268 g/mol. The highest BCUT2D eigenvalue weighted by Crippen LogP contribution is 2.02. The molecule has 0 saturated carbocycles. The van der Waals surface area contributed by atoms with Gasteiger partial charge < -0.3 is 5.32 Å². The fourth-order valence-electron chi connectivity index (χ4n) is 1.97. The molecule has 0 aliphatic heterocycles. The van der Waals surface area contributed by atoms with Crippen LogP contribution in [0.25, 0.3) is 5.78 Å². The molecule has 0 aliphatic carbocycles. The van der Waals surface area contributed by atoms with Gasteiger partial charge in [0.1, 0.15) is 12.0 Å². The average molecular weight is 282 g/mol. The Balaban J connectivity index is 1.49. The fourth-order valence-corrected chi connectivity index (χ4v) is 1.97. The predicted molar refractivity (Wildman–Crippen MR) is 75.7 cm³/mol. The van der Waals surface area contributed by atoms with Crippen molar-refractivity contribution in [2.45, 2.75) is 12.8 Å². The maximum absolute atomic E-state index is 11.8. The number of aromatic nitrogens is 5. The molecule has 1 N–H and O–H groups in total. The van der Waals surface area contributed by atoms with Crippen molar-refractivity contribution >= 4 is 11.7 Å². The largest absolute Gasteiger partial charge is 0.351 e. The Bertz CT molecular complexity index is 739. The van der Waals surface area contributed by atoms with Gasteiger partial charge in [0.25, 0.3) is 11.7 Å². The van der Waals surface area contributed by atoms with Gasteiger partial charge in [-0.05, 0) is 30.5 Å². The second-order valence-corrected chi connectivity index (χ2v) is 4.54. The zero-order valence-electron chi connectivity index (χ0n) is 11.3. The lowest BCUT2D eigenvalue weighted by Gasteiger charge is -2.04. The molecule has 3 heterocycles. The summed E-state index contributed by atoms with van der Waals surface area (Å²) < 4.78 is 1.64. The number of nitrogens with zero attached hydrogens (tertiary/aromatic N) is 5. The van der Waals surface area contributed by atoms with Crippen molar-refractivity contribution in [3.63, 3.8) is 0 Å². The minimum Gasteiger partial charge on any atom is -0.351 e. The Morgan fingerprint density at radius 3 is 3.05 bits per heavy atom. The van der Waals surface area contributed by atoms with Gasteiger partial charge in [-0.1, -0.05) is 6.07 Å². The fraction of sp³-hybridized carbons (Fsp3) is 0.214. The lowest BCUT2D eigenvalue weighted by molar-refractivity contribution is 0.0948. The van der Waals surface area contributed by atoms with Crippen LogP contribution in [-0.4, -0.2) is 37.0 Å². The Morgan fingerprint density at radius 1 is 1.24 bits per heavy atom. The summed E-state index contributed by atoms with van der Waals surface area (Å²) in [6, 6.07) is 5.27. The molecule has 21 heavy (non-hydrogen) atoms. The van der Waals surface area contributed by atoms with Crippen LogP contribution in [0.5, 0.6) is 0 Å². The predicted octanol–water partition coefficient (Wildman–Crippen LogP) is 0.882. The molecule has 3 aromatic heterocycles. The van der Waals surface area contributed by atoms with Gasteiger partial charge in [0.2, 0.25) is 0 Å². The van der Waals surface area contributed by atoms with Gasteiger partial charge in [-0.15, -0.1) is 0 Å². The Hall–Kier alpha value is -2.83. The molecule has 7 heteroatoms. The molecule has 0 bridgehead atoms. The molecule has 3 rings (SSSR count). The highest BCUT2D eigenvalue weighted by molar-refractivity contribution is 5.92. The van der Waals surface area contributed by atoms with Gasteiger partial charge in [0.05, 0.1) is 0 Å². The molecule has 0 aromatic carbocycles. The number of hydrogen-bond donors (Lipinski definition) is 1. The second-order valence-electron chi connectivity index (χ2n) is 4.54. The van der Waals surface area contributed by atoms with Gasteiger partial charge in [-0.2, -0.15) is 10.1 Å². The summed E-state index contributed by atoms with van der Waals surface area (Å²) in [5, 5.41) is 6.89. The number of rotatable bonds is 5. The van der Waals surface area contributed by atoms with Crippen molar-refractivity contribution in [2.75, 3.05) is 6.54 Å². The zero-order valence-corrected chi connectivity index (χ0v) is 11.3. The first kappa shape index (κ1) is 13.2. The number of amides is 1. The normalized spacial score (nSPS) is 10.7. The maximum atomic E-state index is 11.8. The van der Waals surface area contributed by atoms with Crippen LogP contribution in [-0.2, 0) is 6.42 Å². The molecule has 7 nitrogen and oxygen atoms in total. The molecule has 0 spiro atoms. The summed E-state index contributed by atoms with van der Waals surface area (Å²) in [6.07, 6.45) is 8.39. The summed E-state index contributed by atoms with van der Waals surface area (Å²) >= 11 is 0. The van der Waals surface area contributed by atoms with Gasteiger partial charge in [-0.3, -0.25) is 9.78 Å². The van der Waals surface area contributed by atoms with Crippen molar-refractivity contribution in [3.05, 3.63) is 54.4 Å². The smallest absolute Gasteiger partial charge is 0.269 e. The van der Waals surface area contributed by atoms with Crippen molar-refractivity contribution in [2.24, 2.45) is 0 Å². The molecule has 3 aromatic rings. The van der Waals surface area contributed by atoms with E-state index in [4.69, 9.17) is 0 Å². The summed E-state index contributed by atoms with van der Waals surface area (Å²) in [4.78, 5) is 24.0. The Morgan fingerprint density at radius 2 is 2.19 bits per heavy atom. The van der Waals surface area contributed by atoms with Crippen LogP contribution in [0.1, 0.15) is 22.5 Å². The number of pyridine rings is 1. The summed E-state index contributed by atoms with van der Waals surface area (Å²) in [5.74, 6) is 0.433. The number of fused-ring (bicyclic) bond motifs is 1. The third-order valence-electron chi connectivity index (χ3n) is 3.01. The molecule has 106 valence electrons. The first-order chi connectivity index (χ1) is 10.3. The van der Waals surface area contributed by atoms with Crippen LogP contribution >= 0.6 is 0 Å². The Labute approximate surface area is 121 Å². The van der Waals surface area contributed by atoms with Crippen LogP contribution in [0.3, 0.4) is 0 Å². The first-order valence-electron chi connectivity index (χ1n) is 6.66. The number of hydrogen-bond acceptors (Lipinski definition) is 5. The van der Waals surface area contributed by atoms with E-state index in [1.54, 1.807) is 35.1 Å². The van der Waals surface area contributed by atoms with E-state index in [-0.39, 0.29) is 5.91 Å².